The third-order valence-corrected chi connectivity index (χ3v) is 2.93. The molecule has 0 aliphatic heterocycles. The summed E-state index contributed by atoms with van der Waals surface area (Å²) in [6.45, 7) is 1.11. The van der Waals surface area contributed by atoms with Gasteiger partial charge in [-0.25, -0.2) is 0 Å². The second-order valence-corrected chi connectivity index (χ2v) is 3.94. The molecular formula is C11H17N3O. The van der Waals surface area contributed by atoms with E-state index in [4.69, 9.17) is 5.11 Å². The van der Waals surface area contributed by atoms with Crippen LogP contribution in [0.4, 0.5) is 5.82 Å². The average molecular weight is 207 g/mol. The predicted molar refractivity (Wildman–Crippen MR) is 58.7 cm³/mol. The minimum Gasteiger partial charge on any atom is -0.396 e. The maximum atomic E-state index is 8.87. The van der Waals surface area contributed by atoms with Crippen LogP contribution in [0.5, 0.6) is 0 Å². The molecule has 0 spiro atoms. The van der Waals surface area contributed by atoms with Crippen molar-refractivity contribution in [3.05, 3.63) is 18.3 Å². The van der Waals surface area contributed by atoms with Gasteiger partial charge in [0, 0.05) is 25.4 Å². The van der Waals surface area contributed by atoms with Gasteiger partial charge in [-0.15, -0.1) is 5.10 Å². The van der Waals surface area contributed by atoms with Crippen molar-refractivity contribution in [1.29, 1.82) is 0 Å². The van der Waals surface area contributed by atoms with Crippen LogP contribution in [-0.4, -0.2) is 34.5 Å². The van der Waals surface area contributed by atoms with Crippen molar-refractivity contribution in [3.63, 3.8) is 0 Å². The van der Waals surface area contributed by atoms with Crippen LogP contribution >= 0.6 is 0 Å². The van der Waals surface area contributed by atoms with Crippen molar-refractivity contribution in [3.8, 4) is 0 Å². The van der Waals surface area contributed by atoms with Crippen molar-refractivity contribution in [2.45, 2.75) is 31.7 Å². The highest BCUT2D eigenvalue weighted by Gasteiger charge is 2.25. The second kappa shape index (κ2) is 5.07. The van der Waals surface area contributed by atoms with E-state index < -0.39 is 0 Å². The summed E-state index contributed by atoms with van der Waals surface area (Å²) in [5.74, 6) is 0.940. The molecule has 4 heteroatoms. The molecule has 1 aromatic heterocycles. The molecule has 1 fully saturated rings. The van der Waals surface area contributed by atoms with Gasteiger partial charge in [-0.1, -0.05) is 0 Å². The van der Waals surface area contributed by atoms with Gasteiger partial charge in [0.25, 0.3) is 0 Å². The summed E-state index contributed by atoms with van der Waals surface area (Å²) in [6.07, 6.45) is 6.27. The van der Waals surface area contributed by atoms with E-state index in [1.54, 1.807) is 6.20 Å². The smallest absolute Gasteiger partial charge is 0.151 e. The van der Waals surface area contributed by atoms with E-state index in [1.165, 1.54) is 19.3 Å². The Balaban J connectivity index is 2.04. The van der Waals surface area contributed by atoms with Gasteiger partial charge in [-0.05, 0) is 37.8 Å². The van der Waals surface area contributed by atoms with Gasteiger partial charge in [0.05, 0.1) is 0 Å². The molecule has 1 N–H and O–H groups in total. The van der Waals surface area contributed by atoms with Crippen molar-refractivity contribution < 1.29 is 5.11 Å². The van der Waals surface area contributed by atoms with Crippen LogP contribution in [0.2, 0.25) is 0 Å². The monoisotopic (exact) mass is 207 g/mol. The van der Waals surface area contributed by atoms with Gasteiger partial charge in [-0.2, -0.15) is 5.10 Å². The predicted octanol–water partition coefficient (Wildman–Crippen LogP) is 1.22. The molecule has 0 bridgehead atoms. The number of aromatic nitrogens is 2. The van der Waals surface area contributed by atoms with E-state index in [2.05, 4.69) is 15.1 Å². The molecule has 0 radical (unpaired) electrons. The molecule has 1 saturated carbocycles. The molecule has 0 aromatic carbocycles. The number of aliphatic hydroxyl groups is 1. The summed E-state index contributed by atoms with van der Waals surface area (Å²) < 4.78 is 0. The maximum Gasteiger partial charge on any atom is 0.151 e. The number of rotatable bonds is 5. The van der Waals surface area contributed by atoms with E-state index >= 15 is 0 Å². The number of hydrogen-bond acceptors (Lipinski definition) is 4. The largest absolute Gasteiger partial charge is 0.396 e. The number of anilines is 1. The van der Waals surface area contributed by atoms with Gasteiger partial charge in [0.1, 0.15) is 0 Å². The first-order valence-electron chi connectivity index (χ1n) is 5.57. The Labute approximate surface area is 89.9 Å². The average Bonchev–Trinajstić information content (AvgIpc) is 2.22. The summed E-state index contributed by atoms with van der Waals surface area (Å²) in [4.78, 5) is 2.27. The Morgan fingerprint density at radius 2 is 2.33 bits per heavy atom. The zero-order chi connectivity index (χ0) is 10.5. The lowest BCUT2D eigenvalue weighted by molar-refractivity contribution is 0.282. The Hall–Kier alpha value is -1.16. The molecule has 2 rings (SSSR count). The van der Waals surface area contributed by atoms with Crippen LogP contribution in [-0.2, 0) is 0 Å². The fourth-order valence-electron chi connectivity index (χ4n) is 1.87. The highest BCUT2D eigenvalue weighted by atomic mass is 16.3. The number of nitrogens with zero attached hydrogens (tertiary/aromatic N) is 3. The Kier molecular flexibility index (Phi) is 3.50. The first-order valence-corrected chi connectivity index (χ1v) is 5.57. The van der Waals surface area contributed by atoms with Gasteiger partial charge in [-0.3, -0.25) is 0 Å². The molecule has 82 valence electrons. The molecule has 0 unspecified atom stereocenters. The highest BCUT2D eigenvalue weighted by Crippen LogP contribution is 2.28. The van der Waals surface area contributed by atoms with Crippen LogP contribution in [0.1, 0.15) is 25.7 Å². The lowest BCUT2D eigenvalue weighted by atomic mass is 9.91. The van der Waals surface area contributed by atoms with E-state index in [0.717, 1.165) is 18.8 Å². The molecule has 4 nitrogen and oxygen atoms in total. The van der Waals surface area contributed by atoms with Crippen molar-refractivity contribution in [2.75, 3.05) is 18.1 Å². The minimum absolute atomic E-state index is 0.240. The topological polar surface area (TPSA) is 49.2 Å². The number of aliphatic hydroxyl groups excluding tert-OH is 1. The summed E-state index contributed by atoms with van der Waals surface area (Å²) in [7, 11) is 0. The molecule has 1 aliphatic carbocycles. The van der Waals surface area contributed by atoms with E-state index in [1.807, 2.05) is 12.1 Å². The summed E-state index contributed by atoms with van der Waals surface area (Å²) >= 11 is 0. The highest BCUT2D eigenvalue weighted by molar-refractivity contribution is 5.38. The molecule has 1 aromatic rings. The maximum absolute atomic E-state index is 8.87. The van der Waals surface area contributed by atoms with Crippen LogP contribution in [0, 0.1) is 0 Å². The SMILES string of the molecule is OCCCN(c1cccnn1)C1CCC1. The molecular weight excluding hydrogens is 190 g/mol. The summed E-state index contributed by atoms with van der Waals surface area (Å²) in [5.41, 5.74) is 0. The van der Waals surface area contributed by atoms with Gasteiger partial charge < -0.3 is 10.0 Å². The number of hydrogen-bond donors (Lipinski definition) is 1. The summed E-state index contributed by atoms with van der Waals surface area (Å²) in [6, 6.07) is 4.50. The lowest BCUT2D eigenvalue weighted by Crippen LogP contribution is -2.41. The quantitative estimate of drug-likeness (QED) is 0.788. The van der Waals surface area contributed by atoms with Gasteiger partial charge in [0.15, 0.2) is 5.82 Å². The normalized spacial score (nSPS) is 16.1. The lowest BCUT2D eigenvalue weighted by Gasteiger charge is -2.38. The minimum atomic E-state index is 0.240. The molecule has 0 amide bonds. The molecule has 0 saturated heterocycles. The zero-order valence-corrected chi connectivity index (χ0v) is 8.84. The first kappa shape index (κ1) is 10.4. The third-order valence-electron chi connectivity index (χ3n) is 2.93. The Morgan fingerprint density at radius 1 is 1.47 bits per heavy atom. The van der Waals surface area contributed by atoms with Crippen LogP contribution in [0.3, 0.4) is 0 Å². The van der Waals surface area contributed by atoms with E-state index in [-0.39, 0.29) is 6.61 Å². The standard InChI is InChI=1S/C11H17N3O/c15-9-3-8-14(10-4-1-5-10)11-6-2-7-12-13-11/h2,6-7,10,15H,1,3-5,8-9H2. The van der Waals surface area contributed by atoms with Crippen molar-refractivity contribution in [1.82, 2.24) is 10.2 Å². The van der Waals surface area contributed by atoms with E-state index in [9.17, 15) is 0 Å². The van der Waals surface area contributed by atoms with Crippen molar-refractivity contribution in [2.24, 2.45) is 0 Å². The molecule has 15 heavy (non-hydrogen) atoms. The Morgan fingerprint density at radius 3 is 2.87 bits per heavy atom. The molecule has 1 aliphatic rings. The fraction of sp³-hybridized carbons (Fsp3) is 0.636. The second-order valence-electron chi connectivity index (χ2n) is 3.94. The molecule has 1 heterocycles. The Bertz CT molecular complexity index is 287. The van der Waals surface area contributed by atoms with Gasteiger partial charge >= 0.3 is 0 Å². The fourth-order valence-corrected chi connectivity index (χ4v) is 1.87. The van der Waals surface area contributed by atoms with E-state index in [0.29, 0.717) is 6.04 Å². The van der Waals surface area contributed by atoms with Crippen molar-refractivity contribution >= 4 is 5.82 Å². The van der Waals surface area contributed by atoms with Crippen LogP contribution in [0.25, 0.3) is 0 Å². The third kappa shape index (κ3) is 2.45. The molecule has 0 atom stereocenters. The van der Waals surface area contributed by atoms with Crippen LogP contribution < -0.4 is 4.90 Å². The zero-order valence-electron chi connectivity index (χ0n) is 8.84. The summed E-state index contributed by atoms with van der Waals surface area (Å²) in [5, 5.41) is 16.9. The first-order chi connectivity index (χ1) is 7.42. The van der Waals surface area contributed by atoms with Gasteiger partial charge in [0.2, 0.25) is 0 Å². The van der Waals surface area contributed by atoms with Crippen LogP contribution in [0.15, 0.2) is 18.3 Å².